The molecule has 10 aromatic rings. The topological polar surface area (TPSA) is 30.7 Å². The molecule has 0 saturated carbocycles. The van der Waals surface area contributed by atoms with Crippen LogP contribution in [0.4, 0.5) is 0 Å². The van der Waals surface area contributed by atoms with Crippen LogP contribution in [0.25, 0.3) is 81.8 Å². The van der Waals surface area contributed by atoms with E-state index in [-0.39, 0.29) is 38.2 Å². The van der Waals surface area contributed by atoms with Crippen molar-refractivity contribution in [3.63, 3.8) is 0 Å². The maximum absolute atomic E-state index is 7.65. The van der Waals surface area contributed by atoms with Gasteiger partial charge in [-0.15, -0.1) is 23.8 Å². The van der Waals surface area contributed by atoms with Crippen LogP contribution in [0.3, 0.4) is 0 Å². The van der Waals surface area contributed by atoms with Crippen molar-refractivity contribution in [3.05, 3.63) is 193 Å². The number of imidazole rings is 1. The second-order valence-electron chi connectivity index (χ2n) is 17.5. The summed E-state index contributed by atoms with van der Waals surface area (Å²) >= 11 is -0.0287. The van der Waals surface area contributed by atoms with E-state index in [0.717, 1.165) is 22.4 Å². The van der Waals surface area contributed by atoms with Gasteiger partial charge in [-0.2, -0.15) is 11.3 Å². The molecule has 315 valence electrons. The van der Waals surface area contributed by atoms with Crippen molar-refractivity contribution in [2.45, 2.75) is 56.8 Å². The molecule has 3 nitrogen and oxygen atoms in total. The second kappa shape index (κ2) is 18.7. The van der Waals surface area contributed by atoms with Gasteiger partial charge in [-0.05, 0) is 91.7 Å². The predicted molar refractivity (Wildman–Crippen MR) is 269 cm³/mol. The van der Waals surface area contributed by atoms with Gasteiger partial charge in [-0.1, -0.05) is 112 Å². The average Bonchev–Trinajstić information content (AvgIpc) is 3.88. The van der Waals surface area contributed by atoms with E-state index >= 15 is 0 Å². The van der Waals surface area contributed by atoms with Gasteiger partial charge in [-0.3, -0.25) is 4.98 Å². The van der Waals surface area contributed by atoms with Crippen LogP contribution in [0.2, 0.25) is 17.3 Å². The van der Waals surface area contributed by atoms with Gasteiger partial charge >= 0.3 is 104 Å². The van der Waals surface area contributed by atoms with E-state index in [9.17, 15) is 0 Å². The van der Waals surface area contributed by atoms with Gasteiger partial charge in [0.1, 0.15) is 0 Å². The number of thiophene rings is 1. The fourth-order valence-electron chi connectivity index (χ4n) is 8.12. The summed E-state index contributed by atoms with van der Waals surface area (Å²) in [5.41, 5.74) is 13.3. The summed E-state index contributed by atoms with van der Waals surface area (Å²) in [4.78, 5) is 9.73. The van der Waals surface area contributed by atoms with E-state index in [2.05, 4.69) is 200 Å². The Hall–Kier alpha value is -5.43. The third-order valence-electron chi connectivity index (χ3n) is 11.5. The van der Waals surface area contributed by atoms with Crippen molar-refractivity contribution < 1.29 is 24.2 Å². The number of para-hydroxylation sites is 2. The van der Waals surface area contributed by atoms with Gasteiger partial charge in [0.25, 0.3) is 0 Å². The van der Waals surface area contributed by atoms with Gasteiger partial charge in [0.15, 0.2) is 0 Å². The fraction of sp³-hybridized carbons (Fsp3) is 0.158. The van der Waals surface area contributed by atoms with Gasteiger partial charge < -0.3 is 4.57 Å². The Labute approximate surface area is 396 Å². The Morgan fingerprint density at radius 1 is 0.619 bits per heavy atom. The number of benzene rings is 7. The Balaban J connectivity index is 0.000000249. The molecule has 3 heterocycles. The molecule has 0 unspecified atom stereocenters. The molecule has 0 aliphatic rings. The molecule has 1 radical (unpaired) electrons. The quantitative estimate of drug-likeness (QED) is 0.112. The zero-order chi connectivity index (χ0) is 45.6. The van der Waals surface area contributed by atoms with E-state index in [4.69, 9.17) is 9.10 Å². The third-order valence-corrected chi connectivity index (χ3v) is 16.9. The number of hydrogen-bond donors (Lipinski definition) is 0. The van der Waals surface area contributed by atoms with Gasteiger partial charge in [0.05, 0.1) is 16.9 Å². The molecule has 10 rings (SSSR count). The standard InChI is InChI=1S/C43H35N2S.C14H16GeN.Ir/c1-27(2)34-25-33(30-15-9-6-10-16-30)26-35(28(3)4)42(34)45-39-18-12-11-17-38(39)44-43(45)32-20-22-41-37(24-32)36-23-31(19-21-40(36)46-41)29-13-7-5-8-14-29;1-15(2,3)13-9-10-14(16-11-13)12-7-5-4-6-8-12;/h5-19,21-28H,1-4H3;4-7,9-11H,1-3H3;/q2*-1;/i;4D,5D,6D;. The molecule has 0 aliphatic carbocycles. The van der Waals surface area contributed by atoms with Crippen molar-refractivity contribution in [1.29, 1.82) is 0 Å². The van der Waals surface area contributed by atoms with Crippen LogP contribution < -0.4 is 4.40 Å². The van der Waals surface area contributed by atoms with Crippen LogP contribution >= 0.6 is 11.3 Å². The van der Waals surface area contributed by atoms with Crippen LogP contribution in [-0.4, -0.2) is 27.8 Å². The van der Waals surface area contributed by atoms with Crippen LogP contribution in [0.1, 0.15) is 54.8 Å². The number of pyridine rings is 1. The van der Waals surface area contributed by atoms with Crippen LogP contribution in [0, 0.1) is 12.1 Å². The summed E-state index contributed by atoms with van der Waals surface area (Å²) in [6.07, 6.45) is 1.89. The van der Waals surface area contributed by atoms with Gasteiger partial charge in [-0.25, -0.2) is 0 Å². The molecule has 0 N–H and O–H groups in total. The van der Waals surface area contributed by atoms with Crippen molar-refractivity contribution in [3.8, 4) is 50.6 Å². The van der Waals surface area contributed by atoms with Gasteiger partial charge in [0.2, 0.25) is 0 Å². The molecule has 3 aromatic heterocycles. The molecular weight excluding hydrogens is 1020 g/mol. The van der Waals surface area contributed by atoms with E-state index in [1.807, 2.05) is 23.6 Å². The normalized spacial score (nSPS) is 12.2. The van der Waals surface area contributed by atoms with Gasteiger partial charge in [0, 0.05) is 30.5 Å². The maximum Gasteiger partial charge on any atom is 0 e. The Bertz CT molecular complexity index is 3290. The van der Waals surface area contributed by atoms with E-state index in [0.29, 0.717) is 23.1 Å². The number of fused-ring (bicyclic) bond motifs is 4. The van der Waals surface area contributed by atoms with Crippen LogP contribution in [0.5, 0.6) is 0 Å². The first-order chi connectivity index (χ1) is 31.2. The third kappa shape index (κ3) is 9.17. The Kier molecular flexibility index (Phi) is 12.0. The molecule has 0 bridgehead atoms. The monoisotopic (exact) mass is 1080 g/mol. The van der Waals surface area contributed by atoms with Crippen LogP contribution in [-0.2, 0) is 20.1 Å². The molecule has 63 heavy (non-hydrogen) atoms. The van der Waals surface area contributed by atoms with Crippen molar-refractivity contribution in [1.82, 2.24) is 14.5 Å². The molecule has 6 heteroatoms. The van der Waals surface area contributed by atoms with E-state index in [1.165, 1.54) is 63.6 Å². The fourth-order valence-corrected chi connectivity index (χ4v) is 11.3. The van der Waals surface area contributed by atoms with Crippen molar-refractivity contribution in [2.24, 2.45) is 0 Å². The summed E-state index contributed by atoms with van der Waals surface area (Å²) in [7, 11) is 0. The zero-order valence-electron chi connectivity index (χ0n) is 39.7. The summed E-state index contributed by atoms with van der Waals surface area (Å²) in [6, 6.07) is 57.9. The first-order valence-electron chi connectivity index (χ1n) is 22.9. The minimum Gasteiger partial charge on any atom is 0 e. The molecule has 0 fully saturated rings. The minimum absolute atomic E-state index is 0. The summed E-state index contributed by atoms with van der Waals surface area (Å²) in [6.45, 7) is 9.21. The second-order valence-corrected chi connectivity index (χ2v) is 29.2. The summed E-state index contributed by atoms with van der Waals surface area (Å²) in [5.74, 6) is 8.48. The number of hydrogen-bond acceptors (Lipinski definition) is 3. The number of nitrogens with zero attached hydrogens (tertiary/aromatic N) is 3. The van der Waals surface area contributed by atoms with Crippen molar-refractivity contribution in [2.75, 3.05) is 0 Å². The van der Waals surface area contributed by atoms with E-state index < -0.39 is 13.3 Å². The SMILES string of the molecule is CC(C)c1cc(-c2ccccc2)cc(C(C)C)c1-n1c(-c2[c-]cc3sc4ccc(-c5ccccc5)cc4c3c2)nc2ccccc21.[2H]c1[c-]c(-c2cc[c]([Ge]([CH3])([CH3])[CH3])cn2)cc([2H])c1[2H].[Ir]. The number of rotatable bonds is 8. The molecule has 0 saturated heterocycles. The smallest absolute Gasteiger partial charge is 0 e. The summed E-state index contributed by atoms with van der Waals surface area (Å²) in [5, 5.41) is 2.52. The maximum atomic E-state index is 7.65. The largest absolute Gasteiger partial charge is 0 e. The van der Waals surface area contributed by atoms with Crippen LogP contribution in [0.15, 0.2) is 170 Å². The molecule has 0 atom stereocenters. The molecule has 7 aromatic carbocycles. The Morgan fingerprint density at radius 3 is 1.90 bits per heavy atom. The number of aromatic nitrogens is 3. The average molecular weight is 1080 g/mol. The molecule has 0 aliphatic heterocycles. The molecule has 0 amide bonds. The molecular formula is C57H51GeIrN3S-2. The van der Waals surface area contributed by atoms with E-state index in [1.54, 1.807) is 6.07 Å². The predicted octanol–water partition coefficient (Wildman–Crippen LogP) is 15.5. The first kappa shape index (κ1) is 40.4. The first-order valence-corrected chi connectivity index (χ1v) is 29.5. The zero-order valence-corrected chi connectivity index (χ0v) is 42.0. The Morgan fingerprint density at radius 2 is 1.27 bits per heavy atom. The van der Waals surface area contributed by atoms with Crippen molar-refractivity contribution >= 4 is 60.2 Å². The molecule has 0 spiro atoms. The summed E-state index contributed by atoms with van der Waals surface area (Å²) < 4.78 is 29.0. The minimum atomic E-state index is -1.86.